The number of carbonyl (C=O) groups excluding carboxylic acids is 1. The molecule has 7 nitrogen and oxygen atoms in total. The number of hydrogen-bond acceptors (Lipinski definition) is 6. The minimum Gasteiger partial charge on any atom is -0.421 e. The van der Waals surface area contributed by atoms with Crippen molar-refractivity contribution in [2.45, 2.75) is 38.5 Å². The Morgan fingerprint density at radius 1 is 1.27 bits per heavy atom. The number of benzene rings is 1. The SMILES string of the molecule is CCOC(C[C@H]1c2ccccc2OC(=O)[C@@H]1[N+](=O)[O-])OCC. The standard InChI is InChI=1S/C15H19NO6/c1-3-20-13(21-4-2)9-11-10-7-5-6-8-12(10)22-15(17)14(11)16(18)19/h5-8,11,13-14H,3-4,9H2,1-2H3/t11-,14+/m0/s1. The fraction of sp³-hybridized carbons (Fsp3) is 0.533. The van der Waals surface area contributed by atoms with E-state index in [9.17, 15) is 14.9 Å². The van der Waals surface area contributed by atoms with E-state index in [1.165, 1.54) is 0 Å². The molecule has 0 radical (unpaired) electrons. The van der Waals surface area contributed by atoms with Crippen molar-refractivity contribution in [3.8, 4) is 5.75 Å². The number of fused-ring (bicyclic) bond motifs is 1. The van der Waals surface area contributed by atoms with Gasteiger partial charge in [0.05, 0.1) is 5.92 Å². The Labute approximate surface area is 128 Å². The van der Waals surface area contributed by atoms with Crippen LogP contribution in [0.1, 0.15) is 31.7 Å². The Kier molecular flexibility index (Phi) is 5.46. The van der Waals surface area contributed by atoms with Crippen LogP contribution in [0, 0.1) is 10.1 Å². The maximum absolute atomic E-state index is 12.0. The molecule has 1 aromatic carbocycles. The van der Waals surface area contributed by atoms with Gasteiger partial charge in [0, 0.05) is 30.1 Å². The van der Waals surface area contributed by atoms with Crippen molar-refractivity contribution in [1.82, 2.24) is 0 Å². The number of hydrogen-bond donors (Lipinski definition) is 0. The summed E-state index contributed by atoms with van der Waals surface area (Å²) in [6.07, 6.45) is -0.374. The van der Waals surface area contributed by atoms with Gasteiger partial charge in [-0.2, -0.15) is 0 Å². The van der Waals surface area contributed by atoms with Crippen LogP contribution in [0.5, 0.6) is 5.75 Å². The van der Waals surface area contributed by atoms with Gasteiger partial charge in [-0.05, 0) is 19.9 Å². The third-order valence-electron chi connectivity index (χ3n) is 3.53. The molecule has 0 aliphatic carbocycles. The Balaban J connectivity index is 2.33. The maximum Gasteiger partial charge on any atom is 0.387 e. The summed E-state index contributed by atoms with van der Waals surface area (Å²) in [4.78, 5) is 22.7. The molecule has 120 valence electrons. The van der Waals surface area contributed by atoms with E-state index in [0.717, 1.165) is 0 Å². The van der Waals surface area contributed by atoms with E-state index in [2.05, 4.69) is 0 Å². The summed E-state index contributed by atoms with van der Waals surface area (Å²) in [6.45, 7) is 4.49. The average Bonchev–Trinajstić information content (AvgIpc) is 2.47. The van der Waals surface area contributed by atoms with Gasteiger partial charge in [0.1, 0.15) is 5.75 Å². The van der Waals surface area contributed by atoms with Crippen LogP contribution in [-0.2, 0) is 14.3 Å². The number of carbonyl (C=O) groups is 1. The number of nitrogens with zero attached hydrogens (tertiary/aromatic N) is 1. The lowest BCUT2D eigenvalue weighted by Gasteiger charge is -2.29. The second-order valence-corrected chi connectivity index (χ2v) is 4.87. The van der Waals surface area contributed by atoms with Crippen LogP contribution in [-0.4, -0.2) is 36.4 Å². The van der Waals surface area contributed by atoms with Gasteiger partial charge in [0.15, 0.2) is 6.29 Å². The zero-order valence-electron chi connectivity index (χ0n) is 12.6. The topological polar surface area (TPSA) is 87.9 Å². The highest BCUT2D eigenvalue weighted by Crippen LogP contribution is 2.38. The summed E-state index contributed by atoms with van der Waals surface area (Å²) in [5.74, 6) is -1.13. The highest BCUT2D eigenvalue weighted by molar-refractivity contribution is 5.81. The molecule has 2 rings (SSSR count). The van der Waals surface area contributed by atoms with Gasteiger partial charge in [-0.25, -0.2) is 4.79 Å². The molecule has 0 bridgehead atoms. The molecule has 2 atom stereocenters. The minimum absolute atomic E-state index is 0.222. The van der Waals surface area contributed by atoms with Crippen LogP contribution < -0.4 is 4.74 Å². The van der Waals surface area contributed by atoms with Gasteiger partial charge < -0.3 is 14.2 Å². The molecule has 1 aliphatic heterocycles. The van der Waals surface area contributed by atoms with Gasteiger partial charge in [0.2, 0.25) is 0 Å². The monoisotopic (exact) mass is 309 g/mol. The van der Waals surface area contributed by atoms with E-state index >= 15 is 0 Å². The zero-order chi connectivity index (χ0) is 16.1. The first kappa shape index (κ1) is 16.4. The smallest absolute Gasteiger partial charge is 0.387 e. The molecule has 7 heteroatoms. The predicted octanol–water partition coefficient (Wildman–Crippen LogP) is 2.12. The van der Waals surface area contributed by atoms with Crippen molar-refractivity contribution in [2.24, 2.45) is 0 Å². The fourth-order valence-electron chi connectivity index (χ4n) is 2.64. The van der Waals surface area contributed by atoms with Gasteiger partial charge >= 0.3 is 12.0 Å². The summed E-state index contributed by atoms with van der Waals surface area (Å²) in [7, 11) is 0. The largest absolute Gasteiger partial charge is 0.421 e. The normalized spacial score (nSPS) is 20.6. The van der Waals surface area contributed by atoms with Crippen molar-refractivity contribution in [2.75, 3.05) is 13.2 Å². The van der Waals surface area contributed by atoms with Gasteiger partial charge in [-0.1, -0.05) is 18.2 Å². The molecule has 0 saturated heterocycles. The lowest BCUT2D eigenvalue weighted by molar-refractivity contribution is -0.515. The van der Waals surface area contributed by atoms with Crippen LogP contribution in [0.4, 0.5) is 0 Å². The third kappa shape index (κ3) is 3.42. The first-order chi connectivity index (χ1) is 10.6. The lowest BCUT2D eigenvalue weighted by Crippen LogP contribution is -2.43. The van der Waals surface area contributed by atoms with E-state index < -0.39 is 29.1 Å². The Morgan fingerprint density at radius 2 is 1.91 bits per heavy atom. The summed E-state index contributed by atoms with van der Waals surface area (Å²) in [6, 6.07) is 5.40. The Morgan fingerprint density at radius 3 is 2.50 bits per heavy atom. The van der Waals surface area contributed by atoms with Crippen LogP contribution in [0.2, 0.25) is 0 Å². The van der Waals surface area contributed by atoms with Crippen molar-refractivity contribution in [3.63, 3.8) is 0 Å². The summed E-state index contributed by atoms with van der Waals surface area (Å²) >= 11 is 0. The Hall–Kier alpha value is -1.99. The second kappa shape index (κ2) is 7.33. The molecule has 1 aromatic rings. The lowest BCUT2D eigenvalue weighted by atomic mass is 9.86. The van der Waals surface area contributed by atoms with Crippen LogP contribution in [0.25, 0.3) is 0 Å². The minimum atomic E-state index is -1.45. The molecule has 0 unspecified atom stereocenters. The third-order valence-corrected chi connectivity index (χ3v) is 3.53. The highest BCUT2D eigenvalue weighted by Gasteiger charge is 2.47. The van der Waals surface area contributed by atoms with E-state index in [1.807, 2.05) is 13.8 Å². The molecular formula is C15H19NO6. The second-order valence-electron chi connectivity index (χ2n) is 4.87. The van der Waals surface area contributed by atoms with E-state index in [-0.39, 0.29) is 6.42 Å². The molecule has 0 saturated carbocycles. The first-order valence-electron chi connectivity index (χ1n) is 7.25. The summed E-state index contributed by atoms with van der Waals surface area (Å²) in [5, 5.41) is 11.3. The van der Waals surface area contributed by atoms with Crippen molar-refractivity contribution >= 4 is 5.97 Å². The van der Waals surface area contributed by atoms with Crippen LogP contribution in [0.3, 0.4) is 0 Å². The predicted molar refractivity (Wildman–Crippen MR) is 77.3 cm³/mol. The van der Waals surface area contributed by atoms with Crippen LogP contribution in [0.15, 0.2) is 24.3 Å². The van der Waals surface area contributed by atoms with Crippen molar-refractivity contribution in [1.29, 1.82) is 0 Å². The number of rotatable bonds is 7. The molecule has 0 spiro atoms. The highest BCUT2D eigenvalue weighted by atomic mass is 16.7. The van der Waals surface area contributed by atoms with Crippen molar-refractivity contribution in [3.05, 3.63) is 39.9 Å². The van der Waals surface area contributed by atoms with E-state index in [1.54, 1.807) is 24.3 Å². The Bertz CT molecular complexity index is 541. The quantitative estimate of drug-likeness (QED) is 0.252. The maximum atomic E-state index is 12.0. The van der Waals surface area contributed by atoms with E-state index in [0.29, 0.717) is 24.5 Å². The van der Waals surface area contributed by atoms with E-state index in [4.69, 9.17) is 14.2 Å². The summed E-state index contributed by atoms with van der Waals surface area (Å²) < 4.78 is 16.0. The molecule has 0 aromatic heterocycles. The molecule has 0 fully saturated rings. The molecule has 0 amide bonds. The molecule has 22 heavy (non-hydrogen) atoms. The fourth-order valence-corrected chi connectivity index (χ4v) is 2.64. The number of ether oxygens (including phenoxy) is 3. The first-order valence-corrected chi connectivity index (χ1v) is 7.25. The van der Waals surface area contributed by atoms with Gasteiger partial charge in [0.25, 0.3) is 0 Å². The summed E-state index contributed by atoms with van der Waals surface area (Å²) in [5.41, 5.74) is 0.633. The number of nitro groups is 1. The molecular weight excluding hydrogens is 290 g/mol. The number of para-hydroxylation sites is 1. The van der Waals surface area contributed by atoms with Crippen molar-refractivity contribution < 1.29 is 23.9 Å². The van der Waals surface area contributed by atoms with Gasteiger partial charge in [-0.3, -0.25) is 10.1 Å². The average molecular weight is 309 g/mol. The zero-order valence-corrected chi connectivity index (χ0v) is 12.6. The molecule has 0 N–H and O–H groups in total. The van der Waals surface area contributed by atoms with Crippen LogP contribution >= 0.6 is 0 Å². The molecule has 1 aliphatic rings. The molecule has 1 heterocycles. The van der Waals surface area contributed by atoms with Gasteiger partial charge in [-0.15, -0.1) is 0 Å². The number of esters is 1.